The van der Waals surface area contributed by atoms with Crippen LogP contribution in [0.15, 0.2) is 20.1 Å². The van der Waals surface area contributed by atoms with E-state index in [1.165, 1.54) is 6.20 Å². The summed E-state index contributed by atoms with van der Waals surface area (Å²) in [5, 5.41) is 10.1. The molecule has 8 nitrogen and oxygen atoms in total. The Balaban J connectivity index is 1.89. The van der Waals surface area contributed by atoms with Gasteiger partial charge < -0.3 is 5.32 Å². The highest BCUT2D eigenvalue weighted by Gasteiger charge is 2.13. The van der Waals surface area contributed by atoms with E-state index in [4.69, 9.17) is 0 Å². The molecule has 0 unspecified atom stereocenters. The van der Waals surface area contributed by atoms with Crippen molar-refractivity contribution < 1.29 is 9.32 Å². The molecule has 0 spiro atoms. The number of amides is 1. The Morgan fingerprint density at radius 3 is 3.00 bits per heavy atom. The van der Waals surface area contributed by atoms with E-state index in [0.29, 0.717) is 29.0 Å². The largest absolute Gasteiger partial charge is 0.438 e. The van der Waals surface area contributed by atoms with Crippen LogP contribution in [0.25, 0.3) is 0 Å². The molecule has 0 aromatic carbocycles. The van der Waals surface area contributed by atoms with E-state index < -0.39 is 5.76 Å². The zero-order valence-corrected chi connectivity index (χ0v) is 11.0. The summed E-state index contributed by atoms with van der Waals surface area (Å²) in [7, 11) is 1.72. The first-order valence-corrected chi connectivity index (χ1v) is 5.88. The zero-order chi connectivity index (χ0) is 13.1. The summed E-state index contributed by atoms with van der Waals surface area (Å²) in [6, 6.07) is 0. The van der Waals surface area contributed by atoms with E-state index in [0.717, 1.165) is 0 Å². The predicted octanol–water partition coefficient (Wildman–Crippen LogP) is -0.169. The van der Waals surface area contributed by atoms with Crippen LogP contribution in [-0.2, 0) is 13.5 Å². The summed E-state index contributed by atoms with van der Waals surface area (Å²) < 4.78 is 6.49. The van der Waals surface area contributed by atoms with Crippen molar-refractivity contribution in [1.82, 2.24) is 25.2 Å². The Hall–Kier alpha value is -1.90. The highest BCUT2D eigenvalue weighted by Crippen LogP contribution is 2.14. The van der Waals surface area contributed by atoms with Gasteiger partial charge in [0.05, 0.1) is 11.8 Å². The highest BCUT2D eigenvalue weighted by molar-refractivity contribution is 9.10. The molecule has 96 valence electrons. The molecule has 0 fully saturated rings. The smallest absolute Gasteiger partial charge is 0.351 e. The van der Waals surface area contributed by atoms with Crippen molar-refractivity contribution >= 4 is 21.8 Å². The maximum Gasteiger partial charge on any atom is 0.438 e. The SMILES string of the molecule is Cn1ncc(C(=O)NCCc2noc(=O)[nH]2)c1Br. The summed E-state index contributed by atoms with van der Waals surface area (Å²) in [5.74, 6) is -0.460. The van der Waals surface area contributed by atoms with Crippen LogP contribution in [0.2, 0.25) is 0 Å². The maximum absolute atomic E-state index is 11.8. The molecule has 1 amide bonds. The van der Waals surface area contributed by atoms with Crippen molar-refractivity contribution in [2.45, 2.75) is 6.42 Å². The molecule has 0 aliphatic carbocycles. The summed E-state index contributed by atoms with van der Waals surface area (Å²) >= 11 is 3.26. The second kappa shape index (κ2) is 5.17. The lowest BCUT2D eigenvalue weighted by Crippen LogP contribution is -2.26. The summed E-state index contributed by atoms with van der Waals surface area (Å²) in [6.07, 6.45) is 1.85. The van der Waals surface area contributed by atoms with Crippen LogP contribution in [-0.4, -0.2) is 32.4 Å². The number of carbonyl (C=O) groups excluding carboxylic acids is 1. The monoisotopic (exact) mass is 315 g/mol. The third kappa shape index (κ3) is 2.67. The van der Waals surface area contributed by atoms with E-state index in [2.05, 4.69) is 41.0 Å². The van der Waals surface area contributed by atoms with Crippen LogP contribution in [0.3, 0.4) is 0 Å². The van der Waals surface area contributed by atoms with Gasteiger partial charge in [0.15, 0.2) is 5.82 Å². The quantitative estimate of drug-likeness (QED) is 0.815. The van der Waals surface area contributed by atoms with Crippen LogP contribution in [0, 0.1) is 0 Å². The van der Waals surface area contributed by atoms with Crippen molar-refractivity contribution in [2.75, 3.05) is 6.54 Å². The molecule has 0 aliphatic rings. The minimum absolute atomic E-state index is 0.249. The number of aryl methyl sites for hydroxylation is 1. The van der Waals surface area contributed by atoms with E-state index in [1.807, 2.05) is 0 Å². The Morgan fingerprint density at radius 2 is 2.44 bits per heavy atom. The van der Waals surface area contributed by atoms with Crippen molar-refractivity contribution in [2.24, 2.45) is 7.05 Å². The number of nitrogens with one attached hydrogen (secondary N) is 2. The van der Waals surface area contributed by atoms with Gasteiger partial charge in [0.25, 0.3) is 5.91 Å². The number of aromatic amines is 1. The molecule has 2 N–H and O–H groups in total. The molecule has 2 heterocycles. The topological polar surface area (TPSA) is 106 Å². The number of rotatable bonds is 4. The molecular weight excluding hydrogens is 306 g/mol. The van der Waals surface area contributed by atoms with Gasteiger partial charge in [-0.05, 0) is 15.9 Å². The van der Waals surface area contributed by atoms with Crippen molar-refractivity contribution in [3.63, 3.8) is 0 Å². The molecular formula is C9H10BrN5O3. The Bertz CT molecular complexity index is 614. The summed E-state index contributed by atoms with van der Waals surface area (Å²) in [5.41, 5.74) is 0.450. The number of nitrogens with zero attached hydrogens (tertiary/aromatic N) is 3. The molecule has 0 saturated heterocycles. The zero-order valence-electron chi connectivity index (χ0n) is 9.44. The molecule has 0 radical (unpaired) electrons. The van der Waals surface area contributed by atoms with Gasteiger partial charge in [-0.2, -0.15) is 5.10 Å². The van der Waals surface area contributed by atoms with Gasteiger partial charge in [0, 0.05) is 20.0 Å². The average molecular weight is 316 g/mol. The lowest BCUT2D eigenvalue weighted by molar-refractivity contribution is 0.0953. The van der Waals surface area contributed by atoms with Gasteiger partial charge in [-0.1, -0.05) is 5.16 Å². The number of H-pyrrole nitrogens is 1. The summed E-state index contributed by atoms with van der Waals surface area (Å²) in [6.45, 7) is 0.336. The number of halogens is 1. The molecule has 2 aromatic rings. The Kier molecular flexibility index (Phi) is 3.60. The molecule has 0 bridgehead atoms. The van der Waals surface area contributed by atoms with Crippen LogP contribution < -0.4 is 11.1 Å². The third-order valence-electron chi connectivity index (χ3n) is 2.24. The lowest BCUT2D eigenvalue weighted by Gasteiger charge is -2.02. The Morgan fingerprint density at radius 1 is 1.67 bits per heavy atom. The lowest BCUT2D eigenvalue weighted by atomic mass is 10.3. The van der Waals surface area contributed by atoms with Gasteiger partial charge in [-0.3, -0.25) is 19.0 Å². The minimum Gasteiger partial charge on any atom is -0.351 e. The standard InChI is InChI=1S/C9H10BrN5O3/c1-15-7(10)5(4-12-15)8(16)11-3-2-6-13-9(17)18-14-6/h4H,2-3H2,1H3,(H,11,16)(H,13,14,17). The second-order valence-electron chi connectivity index (χ2n) is 3.52. The molecule has 0 saturated carbocycles. The summed E-state index contributed by atoms with van der Waals surface area (Å²) in [4.78, 5) is 24.8. The van der Waals surface area contributed by atoms with Gasteiger partial charge in [0.1, 0.15) is 4.60 Å². The van der Waals surface area contributed by atoms with Crippen LogP contribution >= 0.6 is 15.9 Å². The van der Waals surface area contributed by atoms with Gasteiger partial charge >= 0.3 is 5.76 Å². The molecule has 0 atom stereocenters. The third-order valence-corrected chi connectivity index (χ3v) is 3.18. The van der Waals surface area contributed by atoms with E-state index in [1.54, 1.807) is 11.7 Å². The van der Waals surface area contributed by atoms with Crippen LogP contribution in [0.1, 0.15) is 16.2 Å². The van der Waals surface area contributed by atoms with Gasteiger partial charge in [0.2, 0.25) is 0 Å². The number of carbonyl (C=O) groups is 1. The van der Waals surface area contributed by atoms with Gasteiger partial charge in [-0.25, -0.2) is 4.79 Å². The van der Waals surface area contributed by atoms with E-state index in [-0.39, 0.29) is 5.91 Å². The fourth-order valence-electron chi connectivity index (χ4n) is 1.33. The van der Waals surface area contributed by atoms with Crippen molar-refractivity contribution in [3.8, 4) is 0 Å². The maximum atomic E-state index is 11.8. The molecule has 0 aliphatic heterocycles. The second-order valence-corrected chi connectivity index (χ2v) is 4.27. The molecule has 18 heavy (non-hydrogen) atoms. The minimum atomic E-state index is -0.605. The predicted molar refractivity (Wildman–Crippen MR) is 64.1 cm³/mol. The fraction of sp³-hybridized carbons (Fsp3) is 0.333. The molecule has 2 rings (SSSR count). The Labute approximate surface area is 109 Å². The van der Waals surface area contributed by atoms with Gasteiger partial charge in [-0.15, -0.1) is 0 Å². The van der Waals surface area contributed by atoms with E-state index in [9.17, 15) is 9.59 Å². The van der Waals surface area contributed by atoms with Crippen LogP contribution in [0.4, 0.5) is 0 Å². The highest BCUT2D eigenvalue weighted by atomic mass is 79.9. The number of aromatic nitrogens is 4. The average Bonchev–Trinajstić information content (AvgIpc) is 2.87. The number of hydrogen-bond donors (Lipinski definition) is 2. The fourth-order valence-corrected chi connectivity index (χ4v) is 1.71. The molecule has 9 heteroatoms. The van der Waals surface area contributed by atoms with Crippen molar-refractivity contribution in [3.05, 3.63) is 32.7 Å². The molecule has 2 aromatic heterocycles. The van der Waals surface area contributed by atoms with Crippen LogP contribution in [0.5, 0.6) is 0 Å². The number of hydrogen-bond acceptors (Lipinski definition) is 5. The first-order valence-electron chi connectivity index (χ1n) is 5.08. The first-order chi connectivity index (χ1) is 8.58. The van der Waals surface area contributed by atoms with E-state index >= 15 is 0 Å². The van der Waals surface area contributed by atoms with Crippen molar-refractivity contribution in [1.29, 1.82) is 0 Å². The normalized spacial score (nSPS) is 10.6. The first kappa shape index (κ1) is 12.6.